The second-order valence-corrected chi connectivity index (χ2v) is 5.21. The first-order valence-electron chi connectivity index (χ1n) is 6.47. The number of carbonyl (C=O) groups is 3. The minimum Gasteiger partial charge on any atom is -0.481 e. The summed E-state index contributed by atoms with van der Waals surface area (Å²) in [6.45, 7) is 3.44. The molecule has 3 N–H and O–H groups in total. The Bertz CT molecular complexity index is 538. The predicted molar refractivity (Wildman–Crippen MR) is 76.0 cm³/mol. The van der Waals surface area contributed by atoms with Crippen molar-refractivity contribution >= 4 is 17.8 Å². The predicted octanol–water partition coefficient (Wildman–Crippen LogP) is 0.672. The van der Waals surface area contributed by atoms with Gasteiger partial charge in [0.15, 0.2) is 0 Å². The summed E-state index contributed by atoms with van der Waals surface area (Å²) in [5, 5.41) is 14.0. The Labute approximate surface area is 122 Å². The lowest BCUT2D eigenvalue weighted by molar-refractivity contribution is -0.147. The van der Waals surface area contributed by atoms with E-state index in [2.05, 4.69) is 15.6 Å². The Morgan fingerprint density at radius 3 is 2.38 bits per heavy atom. The molecule has 114 valence electrons. The fraction of sp³-hybridized carbons (Fsp3) is 0.429. The normalized spacial score (nSPS) is 10.8. The molecule has 0 saturated heterocycles. The SMILES string of the molecule is CNC(=O)c1ccc(C(=O)NCCC(C)(C)C(=O)O)cn1. The molecule has 0 aliphatic rings. The summed E-state index contributed by atoms with van der Waals surface area (Å²) in [7, 11) is 1.49. The van der Waals surface area contributed by atoms with Crippen molar-refractivity contribution in [1.29, 1.82) is 0 Å². The van der Waals surface area contributed by atoms with Crippen molar-refractivity contribution in [3.8, 4) is 0 Å². The monoisotopic (exact) mass is 293 g/mol. The van der Waals surface area contributed by atoms with Crippen LogP contribution in [0.25, 0.3) is 0 Å². The lowest BCUT2D eigenvalue weighted by atomic mass is 9.90. The summed E-state index contributed by atoms with van der Waals surface area (Å²) >= 11 is 0. The highest BCUT2D eigenvalue weighted by Crippen LogP contribution is 2.19. The summed E-state index contributed by atoms with van der Waals surface area (Å²) < 4.78 is 0. The highest BCUT2D eigenvalue weighted by molar-refractivity contribution is 5.96. The third-order valence-electron chi connectivity index (χ3n) is 3.10. The smallest absolute Gasteiger partial charge is 0.309 e. The molecule has 0 aromatic carbocycles. The van der Waals surface area contributed by atoms with Gasteiger partial charge in [0.1, 0.15) is 5.69 Å². The molecule has 0 atom stereocenters. The molecule has 0 saturated carbocycles. The van der Waals surface area contributed by atoms with Crippen LogP contribution in [0.15, 0.2) is 18.3 Å². The maximum absolute atomic E-state index is 11.9. The summed E-state index contributed by atoms with van der Waals surface area (Å²) in [5.74, 6) is -1.59. The van der Waals surface area contributed by atoms with Crippen LogP contribution < -0.4 is 10.6 Å². The molecule has 0 fully saturated rings. The quantitative estimate of drug-likeness (QED) is 0.714. The van der Waals surface area contributed by atoms with Crippen molar-refractivity contribution in [2.24, 2.45) is 5.41 Å². The fourth-order valence-corrected chi connectivity index (χ4v) is 1.49. The average Bonchev–Trinajstić information content (AvgIpc) is 2.46. The second-order valence-electron chi connectivity index (χ2n) is 5.21. The minimum atomic E-state index is -0.909. The third-order valence-corrected chi connectivity index (χ3v) is 3.10. The lowest BCUT2D eigenvalue weighted by Crippen LogP contribution is -2.32. The number of carboxylic acids is 1. The zero-order valence-electron chi connectivity index (χ0n) is 12.3. The van der Waals surface area contributed by atoms with Crippen molar-refractivity contribution in [3.05, 3.63) is 29.6 Å². The van der Waals surface area contributed by atoms with Gasteiger partial charge in [-0.2, -0.15) is 0 Å². The Balaban J connectivity index is 2.57. The summed E-state index contributed by atoms with van der Waals surface area (Å²) in [6.07, 6.45) is 1.63. The molecule has 7 heteroatoms. The van der Waals surface area contributed by atoms with E-state index in [1.165, 1.54) is 25.4 Å². The Kier molecular flexibility index (Phi) is 5.40. The van der Waals surface area contributed by atoms with Crippen LogP contribution in [0.2, 0.25) is 0 Å². The van der Waals surface area contributed by atoms with Gasteiger partial charge in [-0.05, 0) is 32.4 Å². The molecule has 1 aromatic heterocycles. The highest BCUT2D eigenvalue weighted by atomic mass is 16.4. The van der Waals surface area contributed by atoms with Crippen LogP contribution in [-0.4, -0.2) is 41.5 Å². The summed E-state index contributed by atoms with van der Waals surface area (Å²) in [6, 6.07) is 2.95. The molecular weight excluding hydrogens is 274 g/mol. The van der Waals surface area contributed by atoms with E-state index in [-0.39, 0.29) is 24.1 Å². The van der Waals surface area contributed by atoms with Crippen LogP contribution in [0.3, 0.4) is 0 Å². The van der Waals surface area contributed by atoms with Gasteiger partial charge < -0.3 is 15.7 Å². The molecule has 21 heavy (non-hydrogen) atoms. The fourth-order valence-electron chi connectivity index (χ4n) is 1.49. The molecular formula is C14H19N3O4. The first kappa shape index (κ1) is 16.6. The molecule has 7 nitrogen and oxygen atoms in total. The number of amides is 2. The molecule has 1 aromatic rings. The van der Waals surface area contributed by atoms with Crippen LogP contribution in [0.4, 0.5) is 0 Å². The zero-order valence-corrected chi connectivity index (χ0v) is 12.3. The van der Waals surface area contributed by atoms with E-state index in [0.717, 1.165) is 0 Å². The number of carbonyl (C=O) groups excluding carboxylic acids is 2. The summed E-state index contributed by atoms with van der Waals surface area (Å²) in [4.78, 5) is 38.0. The van der Waals surface area contributed by atoms with Crippen molar-refractivity contribution < 1.29 is 19.5 Å². The van der Waals surface area contributed by atoms with E-state index < -0.39 is 11.4 Å². The maximum Gasteiger partial charge on any atom is 0.309 e. The van der Waals surface area contributed by atoms with E-state index in [1.807, 2.05) is 0 Å². The van der Waals surface area contributed by atoms with Crippen LogP contribution in [0.1, 0.15) is 41.1 Å². The Morgan fingerprint density at radius 2 is 1.90 bits per heavy atom. The number of nitrogens with zero attached hydrogens (tertiary/aromatic N) is 1. The number of aromatic nitrogens is 1. The van der Waals surface area contributed by atoms with Gasteiger partial charge in [0.05, 0.1) is 11.0 Å². The minimum absolute atomic E-state index is 0.223. The number of hydrogen-bond donors (Lipinski definition) is 3. The van der Waals surface area contributed by atoms with Gasteiger partial charge in [0.2, 0.25) is 0 Å². The zero-order chi connectivity index (χ0) is 16.0. The number of pyridine rings is 1. The van der Waals surface area contributed by atoms with Crippen molar-refractivity contribution in [3.63, 3.8) is 0 Å². The van der Waals surface area contributed by atoms with E-state index in [4.69, 9.17) is 5.11 Å². The summed E-state index contributed by atoms with van der Waals surface area (Å²) in [5.41, 5.74) is -0.355. The van der Waals surface area contributed by atoms with Gasteiger partial charge in [-0.1, -0.05) is 0 Å². The molecule has 0 bridgehead atoms. The molecule has 0 unspecified atom stereocenters. The van der Waals surface area contributed by atoms with Crippen molar-refractivity contribution in [2.75, 3.05) is 13.6 Å². The topological polar surface area (TPSA) is 108 Å². The number of nitrogens with one attached hydrogen (secondary N) is 2. The first-order chi connectivity index (χ1) is 9.77. The molecule has 1 heterocycles. The van der Waals surface area contributed by atoms with E-state index in [1.54, 1.807) is 13.8 Å². The van der Waals surface area contributed by atoms with E-state index in [9.17, 15) is 14.4 Å². The second kappa shape index (κ2) is 6.83. The lowest BCUT2D eigenvalue weighted by Gasteiger charge is -2.18. The van der Waals surface area contributed by atoms with Gasteiger partial charge in [-0.3, -0.25) is 19.4 Å². The molecule has 2 amide bonds. The number of rotatable bonds is 6. The number of carboxylic acid groups (broad SMARTS) is 1. The van der Waals surface area contributed by atoms with E-state index >= 15 is 0 Å². The number of hydrogen-bond acceptors (Lipinski definition) is 4. The van der Waals surface area contributed by atoms with E-state index in [0.29, 0.717) is 12.0 Å². The van der Waals surface area contributed by atoms with Crippen LogP contribution in [0.5, 0.6) is 0 Å². The molecule has 0 spiro atoms. The standard InChI is InChI=1S/C14H19N3O4/c1-14(2,13(20)21)6-7-16-11(18)9-4-5-10(17-8-9)12(19)15-3/h4-5,8H,6-7H2,1-3H3,(H,15,19)(H,16,18)(H,20,21). The average molecular weight is 293 g/mol. The maximum atomic E-state index is 11.9. The van der Waals surface area contributed by atoms with Crippen molar-refractivity contribution in [1.82, 2.24) is 15.6 Å². The van der Waals surface area contributed by atoms with Gasteiger partial charge in [0, 0.05) is 19.8 Å². The molecule has 0 aliphatic carbocycles. The van der Waals surface area contributed by atoms with Gasteiger partial charge >= 0.3 is 5.97 Å². The molecule has 1 rings (SSSR count). The molecule has 0 aliphatic heterocycles. The van der Waals surface area contributed by atoms with Crippen molar-refractivity contribution in [2.45, 2.75) is 20.3 Å². The highest BCUT2D eigenvalue weighted by Gasteiger charge is 2.26. The van der Waals surface area contributed by atoms with Gasteiger partial charge in [-0.15, -0.1) is 0 Å². The van der Waals surface area contributed by atoms with Crippen LogP contribution in [0, 0.1) is 5.41 Å². The van der Waals surface area contributed by atoms with Crippen LogP contribution >= 0.6 is 0 Å². The largest absolute Gasteiger partial charge is 0.481 e. The molecule has 0 radical (unpaired) electrons. The Morgan fingerprint density at radius 1 is 1.24 bits per heavy atom. The third kappa shape index (κ3) is 4.55. The first-order valence-corrected chi connectivity index (χ1v) is 6.47. The number of aliphatic carboxylic acids is 1. The van der Waals surface area contributed by atoms with Crippen LogP contribution in [-0.2, 0) is 4.79 Å². The Hall–Kier alpha value is -2.44. The van der Waals surface area contributed by atoms with Gasteiger partial charge in [0.25, 0.3) is 11.8 Å². The van der Waals surface area contributed by atoms with Gasteiger partial charge in [-0.25, -0.2) is 0 Å².